The summed E-state index contributed by atoms with van der Waals surface area (Å²) in [6.45, 7) is 6.89. The second-order valence-corrected chi connectivity index (χ2v) is 3.86. The van der Waals surface area contributed by atoms with Crippen LogP contribution in [0.25, 0.3) is 0 Å². The van der Waals surface area contributed by atoms with Gasteiger partial charge in [0.1, 0.15) is 5.75 Å². The molecule has 4 heteroatoms. The van der Waals surface area contributed by atoms with E-state index in [2.05, 4.69) is 16.9 Å². The fourth-order valence-corrected chi connectivity index (χ4v) is 1.24. The number of nitrogens with zero attached hydrogens (tertiary/aromatic N) is 1. The fourth-order valence-electron chi connectivity index (χ4n) is 1.24. The Morgan fingerprint density at radius 2 is 2.29 bits per heavy atom. The lowest BCUT2D eigenvalue weighted by molar-refractivity contribution is 0.414. The molecule has 0 aliphatic rings. The van der Waals surface area contributed by atoms with Crippen molar-refractivity contribution < 1.29 is 4.74 Å². The number of nitrogens with two attached hydrogens (primary N) is 1. The van der Waals surface area contributed by atoms with Crippen molar-refractivity contribution in [2.24, 2.45) is 10.7 Å². The monoisotopic (exact) mass is 233 g/mol. The van der Waals surface area contributed by atoms with Gasteiger partial charge in [-0.25, -0.2) is 4.99 Å². The van der Waals surface area contributed by atoms with Crippen LogP contribution < -0.4 is 15.8 Å². The van der Waals surface area contributed by atoms with Crippen LogP contribution in [0, 0.1) is 0 Å². The van der Waals surface area contributed by atoms with Crippen molar-refractivity contribution in [1.82, 2.24) is 5.32 Å². The van der Waals surface area contributed by atoms with Crippen molar-refractivity contribution in [3.63, 3.8) is 0 Å². The molecular weight excluding hydrogens is 214 g/mol. The molecule has 1 aromatic rings. The summed E-state index contributed by atoms with van der Waals surface area (Å²) in [5.41, 5.74) is 7.78. The van der Waals surface area contributed by atoms with Crippen LogP contribution in [0.2, 0.25) is 0 Å². The zero-order chi connectivity index (χ0) is 12.7. The third-order valence-corrected chi connectivity index (χ3v) is 2.14. The third kappa shape index (κ3) is 5.06. The average molecular weight is 233 g/mol. The molecule has 1 rings (SSSR count). The number of benzene rings is 1. The molecule has 0 radical (unpaired) electrons. The highest BCUT2D eigenvalue weighted by Crippen LogP contribution is 2.12. The minimum Gasteiger partial charge on any atom is -0.497 e. The summed E-state index contributed by atoms with van der Waals surface area (Å²) in [7, 11) is 1.64. The number of guanidine groups is 1. The standard InChI is InChI=1S/C13H19N3O/c1-10(2)8-15-13(14)16-9-11-5-4-6-12(7-11)17-3/h4-7H,1,8-9H2,2-3H3,(H3,14,15,16). The zero-order valence-corrected chi connectivity index (χ0v) is 10.4. The number of methoxy groups -OCH3 is 1. The highest BCUT2D eigenvalue weighted by atomic mass is 16.5. The SMILES string of the molecule is C=C(C)CNC(N)=NCc1cccc(OC)c1. The van der Waals surface area contributed by atoms with E-state index in [4.69, 9.17) is 10.5 Å². The van der Waals surface area contributed by atoms with Crippen LogP contribution in [-0.4, -0.2) is 19.6 Å². The molecule has 0 unspecified atom stereocenters. The van der Waals surface area contributed by atoms with Crippen molar-refractivity contribution in [3.05, 3.63) is 42.0 Å². The van der Waals surface area contributed by atoms with E-state index in [0.717, 1.165) is 16.9 Å². The van der Waals surface area contributed by atoms with Crippen LogP contribution in [-0.2, 0) is 6.54 Å². The average Bonchev–Trinajstić information content (AvgIpc) is 2.34. The highest BCUT2D eigenvalue weighted by Gasteiger charge is 1.96. The van der Waals surface area contributed by atoms with Gasteiger partial charge in [-0.1, -0.05) is 24.3 Å². The fraction of sp³-hybridized carbons (Fsp3) is 0.308. The van der Waals surface area contributed by atoms with Crippen LogP contribution in [0.15, 0.2) is 41.4 Å². The first-order chi connectivity index (χ1) is 8.11. The second kappa shape index (κ2) is 6.58. The van der Waals surface area contributed by atoms with Gasteiger partial charge in [0.2, 0.25) is 0 Å². The van der Waals surface area contributed by atoms with Gasteiger partial charge in [-0.15, -0.1) is 0 Å². The lowest BCUT2D eigenvalue weighted by Gasteiger charge is -2.05. The van der Waals surface area contributed by atoms with Crippen molar-refractivity contribution in [2.45, 2.75) is 13.5 Å². The lowest BCUT2D eigenvalue weighted by Crippen LogP contribution is -2.32. The first kappa shape index (κ1) is 13.1. The van der Waals surface area contributed by atoms with Crippen molar-refractivity contribution >= 4 is 5.96 Å². The minimum absolute atomic E-state index is 0.427. The van der Waals surface area contributed by atoms with Crippen molar-refractivity contribution in [3.8, 4) is 5.75 Å². The van der Waals surface area contributed by atoms with Gasteiger partial charge in [-0.05, 0) is 24.6 Å². The van der Waals surface area contributed by atoms with Crippen LogP contribution in [0.3, 0.4) is 0 Å². The molecule has 92 valence electrons. The Morgan fingerprint density at radius 1 is 1.53 bits per heavy atom. The molecule has 0 saturated heterocycles. The van der Waals surface area contributed by atoms with Gasteiger partial charge in [0.05, 0.1) is 13.7 Å². The summed E-state index contributed by atoms with van der Waals surface area (Å²) >= 11 is 0. The first-order valence-corrected chi connectivity index (χ1v) is 5.43. The number of rotatable bonds is 5. The predicted octanol–water partition coefficient (Wildman–Crippen LogP) is 1.68. The molecule has 0 atom stereocenters. The van der Waals surface area contributed by atoms with Gasteiger partial charge in [-0.2, -0.15) is 0 Å². The molecule has 0 aromatic heterocycles. The summed E-state index contributed by atoms with van der Waals surface area (Å²) in [5, 5.41) is 2.98. The van der Waals surface area contributed by atoms with Crippen LogP contribution in [0.1, 0.15) is 12.5 Å². The molecule has 17 heavy (non-hydrogen) atoms. The topological polar surface area (TPSA) is 59.6 Å². The number of hydrogen-bond acceptors (Lipinski definition) is 2. The molecule has 0 aliphatic carbocycles. The molecule has 0 aliphatic heterocycles. The largest absolute Gasteiger partial charge is 0.497 e. The molecule has 0 bridgehead atoms. The summed E-state index contributed by atoms with van der Waals surface area (Å²) in [4.78, 5) is 4.23. The first-order valence-electron chi connectivity index (χ1n) is 5.43. The molecule has 0 heterocycles. The Kier molecular flexibility index (Phi) is 5.07. The van der Waals surface area contributed by atoms with Gasteiger partial charge in [-0.3, -0.25) is 0 Å². The normalized spacial score (nSPS) is 11.1. The molecular formula is C13H19N3O. The van der Waals surface area contributed by atoms with E-state index < -0.39 is 0 Å². The van der Waals surface area contributed by atoms with Gasteiger partial charge >= 0.3 is 0 Å². The van der Waals surface area contributed by atoms with E-state index in [1.54, 1.807) is 7.11 Å². The van der Waals surface area contributed by atoms with E-state index in [1.165, 1.54) is 0 Å². The maximum Gasteiger partial charge on any atom is 0.189 e. The maximum absolute atomic E-state index is 5.71. The second-order valence-electron chi connectivity index (χ2n) is 3.86. The van der Waals surface area contributed by atoms with E-state index >= 15 is 0 Å². The van der Waals surface area contributed by atoms with Crippen molar-refractivity contribution in [2.75, 3.05) is 13.7 Å². The number of nitrogens with one attached hydrogen (secondary N) is 1. The van der Waals surface area contributed by atoms with Crippen LogP contribution in [0.4, 0.5) is 0 Å². The van der Waals surface area contributed by atoms with Crippen molar-refractivity contribution in [1.29, 1.82) is 0 Å². The van der Waals surface area contributed by atoms with Gasteiger partial charge < -0.3 is 15.8 Å². The Morgan fingerprint density at radius 3 is 2.94 bits per heavy atom. The Bertz CT molecular complexity index is 413. The molecule has 0 amide bonds. The molecule has 0 fully saturated rings. The molecule has 0 saturated carbocycles. The smallest absolute Gasteiger partial charge is 0.189 e. The predicted molar refractivity (Wildman–Crippen MR) is 71.1 cm³/mol. The van der Waals surface area contributed by atoms with Gasteiger partial charge in [0.25, 0.3) is 0 Å². The maximum atomic E-state index is 5.71. The molecule has 0 spiro atoms. The quantitative estimate of drug-likeness (QED) is 0.462. The third-order valence-electron chi connectivity index (χ3n) is 2.14. The Hall–Kier alpha value is -1.97. The number of aliphatic imine (C=N–C) groups is 1. The molecule has 3 N–H and O–H groups in total. The van der Waals surface area contributed by atoms with E-state index in [-0.39, 0.29) is 0 Å². The molecule has 1 aromatic carbocycles. The highest BCUT2D eigenvalue weighted by molar-refractivity contribution is 5.78. The van der Waals surface area contributed by atoms with Gasteiger partial charge in [0.15, 0.2) is 5.96 Å². The number of ether oxygens (including phenoxy) is 1. The van der Waals surface area contributed by atoms with E-state index in [0.29, 0.717) is 19.0 Å². The lowest BCUT2D eigenvalue weighted by atomic mass is 10.2. The van der Waals surface area contributed by atoms with E-state index in [9.17, 15) is 0 Å². The summed E-state index contributed by atoms with van der Waals surface area (Å²) < 4.78 is 5.13. The Labute approximate surface area is 102 Å². The number of hydrogen-bond donors (Lipinski definition) is 2. The van der Waals surface area contributed by atoms with Crippen LogP contribution >= 0.6 is 0 Å². The van der Waals surface area contributed by atoms with Gasteiger partial charge in [0, 0.05) is 6.54 Å². The summed E-state index contributed by atoms with van der Waals surface area (Å²) in [5.74, 6) is 1.25. The zero-order valence-electron chi connectivity index (χ0n) is 10.4. The van der Waals surface area contributed by atoms with Crippen LogP contribution in [0.5, 0.6) is 5.75 Å². The molecule has 4 nitrogen and oxygen atoms in total. The summed E-state index contributed by atoms with van der Waals surface area (Å²) in [6.07, 6.45) is 0. The minimum atomic E-state index is 0.427. The Balaban J connectivity index is 2.53. The summed E-state index contributed by atoms with van der Waals surface area (Å²) in [6, 6.07) is 7.75. The van der Waals surface area contributed by atoms with E-state index in [1.807, 2.05) is 31.2 Å².